The smallest absolute Gasteiger partial charge is 0.270 e. The summed E-state index contributed by atoms with van der Waals surface area (Å²) in [5, 5.41) is 6.40. The summed E-state index contributed by atoms with van der Waals surface area (Å²) in [4.78, 5) is 20.8. The number of aromatic nitrogens is 2. The molecule has 2 N–H and O–H groups in total. The predicted molar refractivity (Wildman–Crippen MR) is 95.6 cm³/mol. The second-order valence-electron chi connectivity index (χ2n) is 6.49. The van der Waals surface area contributed by atoms with Gasteiger partial charge >= 0.3 is 0 Å². The SMILES string of the molecule is Cc1cccc(C)c1Nc1cc(C(=O)NC2CCCCC2)ncn1. The van der Waals surface area contributed by atoms with Gasteiger partial charge in [0.05, 0.1) is 0 Å². The molecule has 0 atom stereocenters. The number of carbonyl (C=O) groups excluding carboxylic acids is 1. The van der Waals surface area contributed by atoms with Crippen molar-refractivity contribution in [2.24, 2.45) is 0 Å². The molecule has 1 amide bonds. The first kappa shape index (κ1) is 16.4. The lowest BCUT2D eigenvalue weighted by Crippen LogP contribution is -2.36. The molecular weight excluding hydrogens is 300 g/mol. The number of para-hydroxylation sites is 1. The molecule has 1 fully saturated rings. The highest BCUT2D eigenvalue weighted by atomic mass is 16.1. The molecule has 3 rings (SSSR count). The van der Waals surface area contributed by atoms with Gasteiger partial charge < -0.3 is 10.6 Å². The fourth-order valence-corrected chi connectivity index (χ4v) is 3.20. The van der Waals surface area contributed by atoms with E-state index in [9.17, 15) is 4.79 Å². The zero-order valence-electron chi connectivity index (χ0n) is 14.3. The number of aryl methyl sites for hydroxylation is 2. The van der Waals surface area contributed by atoms with Gasteiger partial charge in [-0.2, -0.15) is 0 Å². The number of hydrogen-bond donors (Lipinski definition) is 2. The first-order chi connectivity index (χ1) is 11.6. The van der Waals surface area contributed by atoms with Crippen LogP contribution < -0.4 is 10.6 Å². The van der Waals surface area contributed by atoms with E-state index in [1.807, 2.05) is 32.0 Å². The standard InChI is InChI=1S/C19H24N4O/c1-13-7-6-8-14(2)18(13)23-17-11-16(20-12-21-17)19(24)22-15-9-4-3-5-10-15/h6-8,11-12,15H,3-5,9-10H2,1-2H3,(H,22,24)(H,20,21,23). The van der Waals surface area contributed by atoms with E-state index in [2.05, 4.69) is 20.6 Å². The first-order valence-electron chi connectivity index (χ1n) is 8.59. The minimum atomic E-state index is -0.117. The molecule has 0 radical (unpaired) electrons. The molecule has 0 bridgehead atoms. The third kappa shape index (κ3) is 3.91. The maximum absolute atomic E-state index is 12.4. The quantitative estimate of drug-likeness (QED) is 0.895. The second kappa shape index (κ2) is 7.43. The number of carbonyl (C=O) groups is 1. The number of rotatable bonds is 4. The Kier molecular flexibility index (Phi) is 5.08. The Bertz CT molecular complexity index is 703. The molecular formula is C19H24N4O. The van der Waals surface area contributed by atoms with Gasteiger partial charge in [-0.25, -0.2) is 9.97 Å². The van der Waals surface area contributed by atoms with Gasteiger partial charge in [0.2, 0.25) is 0 Å². The molecule has 1 saturated carbocycles. The van der Waals surface area contributed by atoms with Crippen molar-refractivity contribution in [1.29, 1.82) is 0 Å². The average Bonchev–Trinajstić information content (AvgIpc) is 2.59. The molecule has 1 aromatic carbocycles. The van der Waals surface area contributed by atoms with Crippen molar-refractivity contribution in [3.63, 3.8) is 0 Å². The van der Waals surface area contributed by atoms with Crippen molar-refractivity contribution in [3.05, 3.63) is 47.4 Å². The second-order valence-corrected chi connectivity index (χ2v) is 6.49. The van der Waals surface area contributed by atoms with Gasteiger partial charge in [0.25, 0.3) is 5.91 Å². The van der Waals surface area contributed by atoms with Crippen molar-refractivity contribution < 1.29 is 4.79 Å². The normalized spacial score (nSPS) is 15.1. The van der Waals surface area contributed by atoms with Crippen molar-refractivity contribution in [2.45, 2.75) is 52.0 Å². The summed E-state index contributed by atoms with van der Waals surface area (Å²) < 4.78 is 0. The summed E-state index contributed by atoms with van der Waals surface area (Å²) in [6.07, 6.45) is 7.20. The van der Waals surface area contributed by atoms with Crippen molar-refractivity contribution >= 4 is 17.4 Å². The van der Waals surface area contributed by atoms with Crippen LogP contribution in [0.25, 0.3) is 0 Å². The van der Waals surface area contributed by atoms with Crippen LogP contribution in [0.2, 0.25) is 0 Å². The molecule has 126 valence electrons. The lowest BCUT2D eigenvalue weighted by atomic mass is 9.95. The third-order valence-corrected chi connectivity index (χ3v) is 4.57. The summed E-state index contributed by atoms with van der Waals surface area (Å²) in [7, 11) is 0. The van der Waals surface area contributed by atoms with Crippen LogP contribution in [0, 0.1) is 13.8 Å². The van der Waals surface area contributed by atoms with E-state index in [-0.39, 0.29) is 11.9 Å². The van der Waals surface area contributed by atoms with Crippen LogP contribution >= 0.6 is 0 Å². The summed E-state index contributed by atoms with van der Waals surface area (Å²) in [6.45, 7) is 4.10. The highest BCUT2D eigenvalue weighted by Gasteiger charge is 2.18. The van der Waals surface area contributed by atoms with Crippen LogP contribution in [0.3, 0.4) is 0 Å². The van der Waals surface area contributed by atoms with Crippen LogP contribution in [0.15, 0.2) is 30.6 Å². The van der Waals surface area contributed by atoms with E-state index >= 15 is 0 Å². The summed E-state index contributed by atoms with van der Waals surface area (Å²) >= 11 is 0. The van der Waals surface area contributed by atoms with Gasteiger partial charge in [-0.1, -0.05) is 37.5 Å². The van der Waals surface area contributed by atoms with Crippen LogP contribution in [0.5, 0.6) is 0 Å². The van der Waals surface area contributed by atoms with E-state index in [1.54, 1.807) is 6.07 Å². The highest BCUT2D eigenvalue weighted by Crippen LogP contribution is 2.23. The average molecular weight is 324 g/mol. The Morgan fingerprint density at radius 2 is 1.79 bits per heavy atom. The number of nitrogens with one attached hydrogen (secondary N) is 2. The van der Waals surface area contributed by atoms with Crippen LogP contribution in [0.4, 0.5) is 11.5 Å². The molecule has 2 aromatic rings. The first-order valence-corrected chi connectivity index (χ1v) is 8.59. The fraction of sp³-hybridized carbons (Fsp3) is 0.421. The fourth-order valence-electron chi connectivity index (χ4n) is 3.20. The Balaban J connectivity index is 1.73. The zero-order valence-corrected chi connectivity index (χ0v) is 14.3. The van der Waals surface area contributed by atoms with Gasteiger partial charge in [0.15, 0.2) is 0 Å². The van der Waals surface area contributed by atoms with Gasteiger partial charge in [-0.3, -0.25) is 4.79 Å². The van der Waals surface area contributed by atoms with Crippen molar-refractivity contribution in [3.8, 4) is 0 Å². The minimum absolute atomic E-state index is 0.117. The minimum Gasteiger partial charge on any atom is -0.348 e. The van der Waals surface area contributed by atoms with E-state index in [4.69, 9.17) is 0 Å². The molecule has 0 spiro atoms. The van der Waals surface area contributed by atoms with Gasteiger partial charge in [0, 0.05) is 17.8 Å². The van der Waals surface area contributed by atoms with Gasteiger partial charge in [-0.15, -0.1) is 0 Å². The molecule has 5 nitrogen and oxygen atoms in total. The van der Waals surface area contributed by atoms with Crippen molar-refractivity contribution in [2.75, 3.05) is 5.32 Å². The molecule has 0 saturated heterocycles. The Labute approximate surface area is 142 Å². The van der Waals surface area contributed by atoms with Gasteiger partial charge in [-0.05, 0) is 37.8 Å². The van der Waals surface area contributed by atoms with Crippen LogP contribution in [0.1, 0.15) is 53.7 Å². The monoisotopic (exact) mass is 324 g/mol. The molecule has 0 unspecified atom stereocenters. The van der Waals surface area contributed by atoms with E-state index < -0.39 is 0 Å². The number of anilines is 2. The molecule has 1 aliphatic rings. The van der Waals surface area contributed by atoms with E-state index in [1.165, 1.54) is 25.6 Å². The maximum Gasteiger partial charge on any atom is 0.270 e. The lowest BCUT2D eigenvalue weighted by Gasteiger charge is -2.22. The molecule has 1 aromatic heterocycles. The van der Waals surface area contributed by atoms with E-state index in [0.717, 1.165) is 29.7 Å². The topological polar surface area (TPSA) is 66.9 Å². The maximum atomic E-state index is 12.4. The number of amides is 1. The number of hydrogen-bond acceptors (Lipinski definition) is 4. The lowest BCUT2D eigenvalue weighted by molar-refractivity contribution is 0.0922. The van der Waals surface area contributed by atoms with Crippen molar-refractivity contribution in [1.82, 2.24) is 15.3 Å². The van der Waals surface area contributed by atoms with Gasteiger partial charge in [0.1, 0.15) is 17.8 Å². The number of nitrogens with zero attached hydrogens (tertiary/aromatic N) is 2. The number of benzene rings is 1. The molecule has 1 heterocycles. The zero-order chi connectivity index (χ0) is 16.9. The largest absolute Gasteiger partial charge is 0.348 e. The predicted octanol–water partition coefficient (Wildman–Crippen LogP) is 3.90. The van der Waals surface area contributed by atoms with Crippen LogP contribution in [-0.2, 0) is 0 Å². The van der Waals surface area contributed by atoms with Crippen LogP contribution in [-0.4, -0.2) is 21.9 Å². The molecule has 5 heteroatoms. The Hall–Kier alpha value is -2.43. The Morgan fingerprint density at radius 1 is 1.08 bits per heavy atom. The molecule has 0 aliphatic heterocycles. The summed E-state index contributed by atoms with van der Waals surface area (Å²) in [5.74, 6) is 0.519. The highest BCUT2D eigenvalue weighted by molar-refractivity contribution is 5.93. The summed E-state index contributed by atoms with van der Waals surface area (Å²) in [5.41, 5.74) is 3.71. The summed E-state index contributed by atoms with van der Waals surface area (Å²) in [6, 6.07) is 8.11. The Morgan fingerprint density at radius 3 is 2.50 bits per heavy atom. The van der Waals surface area contributed by atoms with E-state index in [0.29, 0.717) is 11.5 Å². The third-order valence-electron chi connectivity index (χ3n) is 4.57. The molecule has 24 heavy (non-hydrogen) atoms. The molecule has 1 aliphatic carbocycles.